The summed E-state index contributed by atoms with van der Waals surface area (Å²) in [5.41, 5.74) is 6.38. The predicted molar refractivity (Wildman–Crippen MR) is 73.8 cm³/mol. The Morgan fingerprint density at radius 3 is 3.11 bits per heavy atom. The van der Waals surface area contributed by atoms with Crippen LogP contribution in [0.2, 0.25) is 0 Å². The summed E-state index contributed by atoms with van der Waals surface area (Å²) in [6, 6.07) is 4.83. The first-order valence-corrected chi connectivity index (χ1v) is 7.47. The summed E-state index contributed by atoms with van der Waals surface area (Å²) in [5, 5.41) is 0. The number of ether oxygens (including phenoxy) is 1. The standard InChI is InChI=1S/C15H24N2O2/c1-2-11(16)15(14-7-4-9-18-14)17-8-10-19-13-6-3-5-12(13)17/h4,7,9,11-13,15H,2-3,5-6,8,10,16H2,1H3. The second-order valence-electron chi connectivity index (χ2n) is 5.68. The number of furan rings is 1. The number of nitrogens with two attached hydrogens (primary N) is 1. The van der Waals surface area contributed by atoms with Gasteiger partial charge in [-0.25, -0.2) is 0 Å². The molecule has 2 N–H and O–H groups in total. The van der Waals surface area contributed by atoms with Crippen molar-refractivity contribution >= 4 is 0 Å². The first-order valence-electron chi connectivity index (χ1n) is 7.47. The van der Waals surface area contributed by atoms with Crippen LogP contribution in [-0.2, 0) is 4.74 Å². The van der Waals surface area contributed by atoms with Crippen molar-refractivity contribution in [3.63, 3.8) is 0 Å². The Hall–Kier alpha value is -0.840. The minimum absolute atomic E-state index is 0.116. The van der Waals surface area contributed by atoms with Gasteiger partial charge in [0.15, 0.2) is 0 Å². The van der Waals surface area contributed by atoms with E-state index in [2.05, 4.69) is 17.9 Å². The first-order chi connectivity index (χ1) is 9.31. The van der Waals surface area contributed by atoms with Gasteiger partial charge in [-0.05, 0) is 37.8 Å². The lowest BCUT2D eigenvalue weighted by Gasteiger charge is -2.43. The SMILES string of the molecule is CCC(N)C(c1ccco1)N1CCOC2CCCC21. The van der Waals surface area contributed by atoms with Gasteiger partial charge in [-0.1, -0.05) is 6.92 Å². The molecule has 2 aliphatic rings. The molecule has 0 radical (unpaired) electrons. The van der Waals surface area contributed by atoms with E-state index >= 15 is 0 Å². The van der Waals surface area contributed by atoms with E-state index in [1.807, 2.05) is 6.07 Å². The molecular weight excluding hydrogens is 240 g/mol. The van der Waals surface area contributed by atoms with Crippen LogP contribution in [0.25, 0.3) is 0 Å². The zero-order valence-electron chi connectivity index (χ0n) is 11.6. The monoisotopic (exact) mass is 264 g/mol. The molecule has 2 heterocycles. The summed E-state index contributed by atoms with van der Waals surface area (Å²) in [6.45, 7) is 3.92. The van der Waals surface area contributed by atoms with E-state index in [0.717, 1.165) is 25.3 Å². The highest BCUT2D eigenvalue weighted by Crippen LogP contribution is 2.37. The topological polar surface area (TPSA) is 51.6 Å². The number of hydrogen-bond acceptors (Lipinski definition) is 4. The third-order valence-corrected chi connectivity index (χ3v) is 4.59. The van der Waals surface area contributed by atoms with E-state index in [-0.39, 0.29) is 12.1 Å². The Bertz CT molecular complexity index is 393. The second-order valence-corrected chi connectivity index (χ2v) is 5.68. The molecule has 0 amide bonds. The van der Waals surface area contributed by atoms with Crippen molar-refractivity contribution in [3.05, 3.63) is 24.2 Å². The van der Waals surface area contributed by atoms with Crippen molar-refractivity contribution in [2.24, 2.45) is 5.73 Å². The Kier molecular flexibility index (Phi) is 3.91. The summed E-state index contributed by atoms with van der Waals surface area (Å²) < 4.78 is 11.6. The van der Waals surface area contributed by atoms with E-state index in [9.17, 15) is 0 Å². The largest absolute Gasteiger partial charge is 0.468 e. The molecule has 4 heteroatoms. The molecule has 1 aliphatic heterocycles. The zero-order chi connectivity index (χ0) is 13.2. The van der Waals surface area contributed by atoms with Crippen molar-refractivity contribution in [2.45, 2.75) is 56.8 Å². The fourth-order valence-corrected chi connectivity index (χ4v) is 3.60. The predicted octanol–water partition coefficient (Wildman–Crippen LogP) is 2.31. The van der Waals surface area contributed by atoms with E-state index in [4.69, 9.17) is 14.9 Å². The smallest absolute Gasteiger partial charge is 0.122 e. The summed E-state index contributed by atoms with van der Waals surface area (Å²) in [6.07, 6.45) is 6.77. The molecule has 0 bridgehead atoms. The number of rotatable bonds is 4. The van der Waals surface area contributed by atoms with Crippen LogP contribution >= 0.6 is 0 Å². The quantitative estimate of drug-likeness (QED) is 0.906. The van der Waals surface area contributed by atoms with Gasteiger partial charge in [-0.3, -0.25) is 4.90 Å². The van der Waals surface area contributed by atoms with Gasteiger partial charge in [0, 0.05) is 18.6 Å². The number of fused-ring (bicyclic) bond motifs is 1. The van der Waals surface area contributed by atoms with Gasteiger partial charge in [-0.15, -0.1) is 0 Å². The average Bonchev–Trinajstić information content (AvgIpc) is 3.09. The van der Waals surface area contributed by atoms with Gasteiger partial charge in [0.2, 0.25) is 0 Å². The van der Waals surface area contributed by atoms with Crippen LogP contribution in [-0.4, -0.2) is 36.2 Å². The molecular formula is C15H24N2O2. The van der Waals surface area contributed by atoms with Gasteiger partial charge >= 0.3 is 0 Å². The molecule has 106 valence electrons. The summed E-state index contributed by atoms with van der Waals surface area (Å²) in [5.74, 6) is 1.00. The van der Waals surface area contributed by atoms with Crippen molar-refractivity contribution in [2.75, 3.05) is 13.2 Å². The molecule has 19 heavy (non-hydrogen) atoms. The normalized spacial score (nSPS) is 31.1. The Labute approximate surface area is 114 Å². The van der Waals surface area contributed by atoms with Crippen LogP contribution in [0, 0.1) is 0 Å². The molecule has 4 atom stereocenters. The molecule has 3 rings (SSSR count). The highest BCUT2D eigenvalue weighted by Gasteiger charge is 2.41. The van der Waals surface area contributed by atoms with Crippen molar-refractivity contribution in [1.29, 1.82) is 0 Å². The lowest BCUT2D eigenvalue weighted by atomic mass is 9.98. The second kappa shape index (κ2) is 5.65. The zero-order valence-corrected chi connectivity index (χ0v) is 11.6. The van der Waals surface area contributed by atoms with Gasteiger partial charge in [-0.2, -0.15) is 0 Å². The maximum Gasteiger partial charge on any atom is 0.122 e. The summed E-state index contributed by atoms with van der Waals surface area (Å²) in [7, 11) is 0. The molecule has 0 spiro atoms. The number of hydrogen-bond donors (Lipinski definition) is 1. The van der Waals surface area contributed by atoms with E-state index in [1.54, 1.807) is 6.26 Å². The van der Waals surface area contributed by atoms with Gasteiger partial charge in [0.1, 0.15) is 5.76 Å². The third-order valence-electron chi connectivity index (χ3n) is 4.59. The highest BCUT2D eigenvalue weighted by molar-refractivity contribution is 5.10. The average molecular weight is 264 g/mol. The van der Waals surface area contributed by atoms with Crippen molar-refractivity contribution < 1.29 is 9.15 Å². The van der Waals surface area contributed by atoms with E-state index in [0.29, 0.717) is 12.1 Å². The lowest BCUT2D eigenvalue weighted by Crippen LogP contribution is -2.53. The molecule has 4 unspecified atom stereocenters. The summed E-state index contributed by atoms with van der Waals surface area (Å²) >= 11 is 0. The molecule has 0 aromatic carbocycles. The van der Waals surface area contributed by atoms with Crippen LogP contribution < -0.4 is 5.73 Å². The summed E-state index contributed by atoms with van der Waals surface area (Å²) in [4.78, 5) is 2.54. The fourth-order valence-electron chi connectivity index (χ4n) is 3.60. The minimum Gasteiger partial charge on any atom is -0.468 e. The maximum atomic E-state index is 6.38. The van der Waals surface area contributed by atoms with E-state index < -0.39 is 0 Å². The third kappa shape index (κ3) is 2.45. The van der Waals surface area contributed by atoms with E-state index in [1.165, 1.54) is 19.3 Å². The molecule has 2 fully saturated rings. The lowest BCUT2D eigenvalue weighted by molar-refractivity contribution is -0.0792. The molecule has 1 saturated heterocycles. The van der Waals surface area contributed by atoms with Crippen LogP contribution in [0.3, 0.4) is 0 Å². The molecule has 1 saturated carbocycles. The van der Waals surface area contributed by atoms with Crippen molar-refractivity contribution in [3.8, 4) is 0 Å². The van der Waals surface area contributed by atoms with Crippen molar-refractivity contribution in [1.82, 2.24) is 4.90 Å². The van der Waals surface area contributed by atoms with Gasteiger partial charge in [0.25, 0.3) is 0 Å². The van der Waals surface area contributed by atoms with Crippen LogP contribution in [0.5, 0.6) is 0 Å². The fraction of sp³-hybridized carbons (Fsp3) is 0.733. The molecule has 4 nitrogen and oxygen atoms in total. The number of morpholine rings is 1. The highest BCUT2D eigenvalue weighted by atomic mass is 16.5. The van der Waals surface area contributed by atoms with Crippen LogP contribution in [0.15, 0.2) is 22.8 Å². The van der Waals surface area contributed by atoms with Gasteiger partial charge in [0.05, 0.1) is 25.0 Å². The molecule has 1 aliphatic carbocycles. The Morgan fingerprint density at radius 2 is 2.37 bits per heavy atom. The Balaban J connectivity index is 1.86. The molecule has 1 aromatic heterocycles. The van der Waals surface area contributed by atoms with Gasteiger partial charge < -0.3 is 14.9 Å². The van der Waals surface area contributed by atoms with Crippen LogP contribution in [0.1, 0.15) is 44.4 Å². The number of nitrogens with zero attached hydrogens (tertiary/aromatic N) is 1. The van der Waals surface area contributed by atoms with Crippen LogP contribution in [0.4, 0.5) is 0 Å². The Morgan fingerprint density at radius 1 is 1.47 bits per heavy atom. The maximum absolute atomic E-state index is 6.38. The first kappa shape index (κ1) is 13.2. The molecule has 1 aromatic rings. The minimum atomic E-state index is 0.116.